The summed E-state index contributed by atoms with van der Waals surface area (Å²) in [5.74, 6) is -0.353. The van der Waals surface area contributed by atoms with E-state index in [9.17, 15) is 9.59 Å². The minimum atomic E-state index is -0.185. The first-order valence-electron chi connectivity index (χ1n) is 5.10. The van der Waals surface area contributed by atoms with E-state index >= 15 is 0 Å². The minimum absolute atomic E-state index is 0.107. The maximum absolute atomic E-state index is 11.6. The third-order valence-electron chi connectivity index (χ3n) is 2.84. The summed E-state index contributed by atoms with van der Waals surface area (Å²) in [6, 6.07) is 0. The van der Waals surface area contributed by atoms with Gasteiger partial charge in [-0.05, 0) is 11.3 Å². The Morgan fingerprint density at radius 1 is 1.14 bits per heavy atom. The van der Waals surface area contributed by atoms with Gasteiger partial charge in [0.2, 0.25) is 11.8 Å². The zero-order chi connectivity index (χ0) is 11.1. The molecule has 0 radical (unpaired) electrons. The van der Waals surface area contributed by atoms with Crippen molar-refractivity contribution >= 4 is 11.8 Å². The quantitative estimate of drug-likeness (QED) is 0.649. The average Bonchev–Trinajstić information content (AvgIpc) is 2.23. The van der Waals surface area contributed by atoms with Crippen LogP contribution < -0.4 is 5.32 Å². The van der Waals surface area contributed by atoms with Gasteiger partial charge in [-0.15, -0.1) is 0 Å². The van der Waals surface area contributed by atoms with Gasteiger partial charge in [-0.3, -0.25) is 14.9 Å². The van der Waals surface area contributed by atoms with Crippen molar-refractivity contribution in [2.75, 3.05) is 0 Å². The van der Waals surface area contributed by atoms with Crippen molar-refractivity contribution in [2.45, 2.75) is 34.6 Å². The second kappa shape index (κ2) is 3.37. The van der Waals surface area contributed by atoms with E-state index in [1.165, 1.54) is 0 Å². The van der Waals surface area contributed by atoms with Crippen molar-refractivity contribution in [3.63, 3.8) is 0 Å². The molecule has 1 rings (SSSR count). The van der Waals surface area contributed by atoms with Crippen LogP contribution in [-0.4, -0.2) is 11.8 Å². The third-order valence-corrected chi connectivity index (χ3v) is 2.84. The Balaban J connectivity index is 3.01. The van der Waals surface area contributed by atoms with Gasteiger partial charge in [0.25, 0.3) is 0 Å². The van der Waals surface area contributed by atoms with Crippen molar-refractivity contribution in [1.29, 1.82) is 0 Å². The molecule has 1 N–H and O–H groups in total. The van der Waals surface area contributed by atoms with Crippen LogP contribution in [-0.2, 0) is 9.59 Å². The lowest BCUT2D eigenvalue weighted by Gasteiger charge is -2.30. The van der Waals surface area contributed by atoms with E-state index in [0.717, 1.165) is 0 Å². The fourth-order valence-electron chi connectivity index (χ4n) is 2.22. The number of nitrogens with one attached hydrogen (secondary N) is 1. The molecule has 2 amide bonds. The average molecular weight is 197 g/mol. The standard InChI is InChI=1S/C11H19NO2/c1-6(2)7-8(11(3,4)5)10(14)12-9(7)13/h6-8H,1-5H3,(H,12,13,14). The molecule has 0 aromatic rings. The summed E-state index contributed by atoms with van der Waals surface area (Å²) >= 11 is 0. The number of carbonyl (C=O) groups excluding carboxylic acids is 2. The highest BCUT2D eigenvalue weighted by Gasteiger charge is 2.48. The first-order chi connectivity index (χ1) is 6.25. The lowest BCUT2D eigenvalue weighted by molar-refractivity contribution is -0.127. The summed E-state index contributed by atoms with van der Waals surface area (Å²) in [5.41, 5.74) is -0.148. The van der Waals surface area contributed by atoms with E-state index in [0.29, 0.717) is 0 Å². The highest BCUT2D eigenvalue weighted by molar-refractivity contribution is 6.05. The Morgan fingerprint density at radius 3 is 1.93 bits per heavy atom. The molecule has 0 aliphatic carbocycles. The normalized spacial score (nSPS) is 28.4. The predicted octanol–water partition coefficient (Wildman–Crippen LogP) is 1.58. The molecule has 1 heterocycles. The van der Waals surface area contributed by atoms with Crippen LogP contribution in [0.15, 0.2) is 0 Å². The summed E-state index contributed by atoms with van der Waals surface area (Å²) in [4.78, 5) is 23.2. The number of hydrogen-bond acceptors (Lipinski definition) is 2. The molecule has 14 heavy (non-hydrogen) atoms. The molecule has 1 aliphatic rings. The molecule has 0 aromatic carbocycles. The van der Waals surface area contributed by atoms with Crippen LogP contribution in [0.1, 0.15) is 34.6 Å². The molecule has 3 nitrogen and oxygen atoms in total. The molecule has 0 saturated carbocycles. The number of rotatable bonds is 1. The fraction of sp³-hybridized carbons (Fsp3) is 0.818. The minimum Gasteiger partial charge on any atom is -0.296 e. The highest BCUT2D eigenvalue weighted by Crippen LogP contribution is 2.39. The molecule has 1 fully saturated rings. The van der Waals surface area contributed by atoms with Gasteiger partial charge in [0.1, 0.15) is 0 Å². The van der Waals surface area contributed by atoms with Gasteiger partial charge < -0.3 is 0 Å². The van der Waals surface area contributed by atoms with Crippen LogP contribution in [0.5, 0.6) is 0 Å². The van der Waals surface area contributed by atoms with Gasteiger partial charge in [-0.25, -0.2) is 0 Å². The zero-order valence-corrected chi connectivity index (χ0v) is 9.55. The zero-order valence-electron chi connectivity index (χ0n) is 9.55. The second-order valence-corrected chi connectivity index (χ2v) is 5.47. The molecule has 80 valence electrons. The van der Waals surface area contributed by atoms with Crippen molar-refractivity contribution in [3.05, 3.63) is 0 Å². The van der Waals surface area contributed by atoms with E-state index in [2.05, 4.69) is 5.32 Å². The van der Waals surface area contributed by atoms with Crippen molar-refractivity contribution in [2.24, 2.45) is 23.2 Å². The number of imide groups is 1. The lowest BCUT2D eigenvalue weighted by atomic mass is 9.71. The SMILES string of the molecule is CC(C)C1C(=O)NC(=O)C1C(C)(C)C. The maximum atomic E-state index is 11.6. The Labute approximate surface area is 85.3 Å². The summed E-state index contributed by atoms with van der Waals surface area (Å²) in [6.07, 6.45) is 0. The molecule has 1 aliphatic heterocycles. The predicted molar refractivity (Wildman–Crippen MR) is 54.4 cm³/mol. The first-order valence-corrected chi connectivity index (χ1v) is 5.10. The van der Waals surface area contributed by atoms with Crippen molar-refractivity contribution < 1.29 is 9.59 Å². The third kappa shape index (κ3) is 1.81. The molecule has 2 atom stereocenters. The molecule has 0 spiro atoms. The second-order valence-electron chi connectivity index (χ2n) is 5.47. The van der Waals surface area contributed by atoms with E-state index in [4.69, 9.17) is 0 Å². The Kier molecular flexibility index (Phi) is 2.70. The number of carbonyl (C=O) groups is 2. The maximum Gasteiger partial charge on any atom is 0.231 e. The Hall–Kier alpha value is -0.860. The summed E-state index contributed by atoms with van der Waals surface area (Å²) in [6.45, 7) is 9.99. The topological polar surface area (TPSA) is 46.2 Å². The molecule has 0 bridgehead atoms. The van der Waals surface area contributed by atoms with E-state index in [1.54, 1.807) is 0 Å². The van der Waals surface area contributed by atoms with Gasteiger partial charge >= 0.3 is 0 Å². The first kappa shape index (κ1) is 11.2. The smallest absolute Gasteiger partial charge is 0.231 e. The van der Waals surface area contributed by atoms with Crippen LogP contribution >= 0.6 is 0 Å². The monoisotopic (exact) mass is 197 g/mol. The van der Waals surface area contributed by atoms with E-state index in [1.807, 2.05) is 34.6 Å². The summed E-state index contributed by atoms with van der Waals surface area (Å²) in [5, 5.41) is 2.43. The molecule has 0 aromatic heterocycles. The summed E-state index contributed by atoms with van der Waals surface area (Å²) < 4.78 is 0. The Morgan fingerprint density at radius 2 is 1.64 bits per heavy atom. The largest absolute Gasteiger partial charge is 0.296 e. The lowest BCUT2D eigenvalue weighted by Crippen LogP contribution is -2.33. The number of amides is 2. The molecular weight excluding hydrogens is 178 g/mol. The molecule has 3 heteroatoms. The fourth-order valence-corrected chi connectivity index (χ4v) is 2.22. The van der Waals surface area contributed by atoms with Gasteiger partial charge in [0, 0.05) is 0 Å². The summed E-state index contributed by atoms with van der Waals surface area (Å²) in [7, 11) is 0. The van der Waals surface area contributed by atoms with E-state index in [-0.39, 0.29) is 35.0 Å². The number of hydrogen-bond donors (Lipinski definition) is 1. The van der Waals surface area contributed by atoms with Gasteiger partial charge in [-0.1, -0.05) is 34.6 Å². The van der Waals surface area contributed by atoms with Crippen LogP contribution in [0.3, 0.4) is 0 Å². The van der Waals surface area contributed by atoms with Crippen LogP contribution in [0.25, 0.3) is 0 Å². The van der Waals surface area contributed by atoms with Gasteiger partial charge in [0.05, 0.1) is 11.8 Å². The van der Waals surface area contributed by atoms with Crippen LogP contribution in [0.2, 0.25) is 0 Å². The highest BCUT2D eigenvalue weighted by atomic mass is 16.2. The molecular formula is C11H19NO2. The van der Waals surface area contributed by atoms with Crippen LogP contribution in [0, 0.1) is 23.2 Å². The Bertz CT molecular complexity index is 263. The van der Waals surface area contributed by atoms with Crippen molar-refractivity contribution in [1.82, 2.24) is 5.32 Å². The van der Waals surface area contributed by atoms with E-state index < -0.39 is 0 Å². The van der Waals surface area contributed by atoms with Crippen molar-refractivity contribution in [3.8, 4) is 0 Å². The van der Waals surface area contributed by atoms with Gasteiger partial charge in [0.15, 0.2) is 0 Å². The van der Waals surface area contributed by atoms with Gasteiger partial charge in [-0.2, -0.15) is 0 Å². The molecule has 1 saturated heterocycles. The molecule has 2 unspecified atom stereocenters. The van der Waals surface area contributed by atoms with Crippen LogP contribution in [0.4, 0.5) is 0 Å².